The minimum Gasteiger partial charge on any atom is -0.381 e. The molecule has 1 aromatic rings. The summed E-state index contributed by atoms with van der Waals surface area (Å²) in [6, 6.07) is 3.62. The van der Waals surface area contributed by atoms with Crippen molar-refractivity contribution in [2.24, 2.45) is 7.05 Å². The number of nitrogens with zero attached hydrogens (tertiary/aromatic N) is 1. The number of rotatable bonds is 4. The highest BCUT2D eigenvalue weighted by Gasteiger charge is 2.39. The minimum absolute atomic E-state index is 0.0520. The molecular weight excluding hydrogens is 244 g/mol. The summed E-state index contributed by atoms with van der Waals surface area (Å²) in [6.07, 6.45) is 3.47. The van der Waals surface area contributed by atoms with Crippen LogP contribution in [-0.2, 0) is 16.5 Å². The summed E-state index contributed by atoms with van der Waals surface area (Å²) < 4.78 is 12.9. The lowest BCUT2D eigenvalue weighted by atomic mass is 9.87. The highest BCUT2D eigenvalue weighted by Crippen LogP contribution is 2.28. The molecule has 1 aromatic heterocycles. The van der Waals surface area contributed by atoms with E-state index in [1.54, 1.807) is 7.11 Å². The van der Waals surface area contributed by atoms with Gasteiger partial charge in [-0.1, -0.05) is 0 Å². The normalized spacial score (nSPS) is 19.9. The number of methoxy groups -OCH3 is 1. The van der Waals surface area contributed by atoms with Gasteiger partial charge in [0.25, 0.3) is 5.91 Å². The summed E-state index contributed by atoms with van der Waals surface area (Å²) in [6.45, 7) is 3.35. The van der Waals surface area contributed by atoms with Crippen LogP contribution >= 0.6 is 0 Å². The van der Waals surface area contributed by atoms with Gasteiger partial charge in [-0.05, 0) is 19.1 Å². The Hall–Kier alpha value is -1.33. The molecule has 1 atom stereocenters. The molecule has 0 bridgehead atoms. The maximum atomic E-state index is 12.2. The Bertz CT molecular complexity index is 436. The van der Waals surface area contributed by atoms with Crippen molar-refractivity contribution in [1.29, 1.82) is 0 Å². The van der Waals surface area contributed by atoms with E-state index in [1.165, 1.54) is 0 Å². The van der Waals surface area contributed by atoms with Gasteiger partial charge in [0.2, 0.25) is 0 Å². The van der Waals surface area contributed by atoms with Gasteiger partial charge in [0.15, 0.2) is 0 Å². The van der Waals surface area contributed by atoms with Crippen LogP contribution in [0.15, 0.2) is 18.3 Å². The van der Waals surface area contributed by atoms with E-state index in [1.807, 2.05) is 36.9 Å². The predicted molar refractivity (Wildman–Crippen MR) is 72.1 cm³/mol. The third-order valence-corrected chi connectivity index (χ3v) is 4.06. The maximum Gasteiger partial charge on any atom is 0.268 e. The summed E-state index contributed by atoms with van der Waals surface area (Å²) >= 11 is 0. The van der Waals surface area contributed by atoms with Crippen molar-refractivity contribution in [2.45, 2.75) is 31.4 Å². The fraction of sp³-hybridized carbons (Fsp3) is 0.643. The van der Waals surface area contributed by atoms with E-state index in [4.69, 9.17) is 9.47 Å². The first-order valence-electron chi connectivity index (χ1n) is 6.64. The predicted octanol–water partition coefficient (Wildman–Crippen LogP) is 1.34. The zero-order chi connectivity index (χ0) is 13.9. The van der Waals surface area contributed by atoms with Crippen molar-refractivity contribution in [1.82, 2.24) is 9.88 Å². The van der Waals surface area contributed by atoms with Crippen LogP contribution in [0, 0.1) is 0 Å². The smallest absolute Gasteiger partial charge is 0.268 e. The molecule has 1 fully saturated rings. The molecule has 0 radical (unpaired) electrons. The van der Waals surface area contributed by atoms with Gasteiger partial charge in [-0.25, -0.2) is 0 Å². The van der Waals surface area contributed by atoms with Gasteiger partial charge >= 0.3 is 0 Å². The number of aromatic nitrogens is 1. The Morgan fingerprint density at radius 3 is 2.74 bits per heavy atom. The monoisotopic (exact) mass is 266 g/mol. The third-order valence-electron chi connectivity index (χ3n) is 4.06. The van der Waals surface area contributed by atoms with Crippen LogP contribution in [0.25, 0.3) is 0 Å². The van der Waals surface area contributed by atoms with Crippen LogP contribution in [0.5, 0.6) is 0 Å². The maximum absolute atomic E-state index is 12.2. The van der Waals surface area contributed by atoms with E-state index in [9.17, 15) is 4.79 Å². The van der Waals surface area contributed by atoms with Crippen LogP contribution in [-0.4, -0.2) is 42.4 Å². The van der Waals surface area contributed by atoms with E-state index in [0.717, 1.165) is 12.8 Å². The molecule has 106 valence electrons. The Labute approximate surface area is 113 Å². The Morgan fingerprint density at radius 1 is 1.53 bits per heavy atom. The topological polar surface area (TPSA) is 52.5 Å². The van der Waals surface area contributed by atoms with Gasteiger partial charge in [0, 0.05) is 46.4 Å². The summed E-state index contributed by atoms with van der Waals surface area (Å²) in [5.41, 5.74) is 0.337. The van der Waals surface area contributed by atoms with Gasteiger partial charge in [-0.2, -0.15) is 0 Å². The van der Waals surface area contributed by atoms with E-state index >= 15 is 0 Å². The van der Waals surface area contributed by atoms with Crippen molar-refractivity contribution in [3.05, 3.63) is 24.0 Å². The fourth-order valence-corrected chi connectivity index (χ4v) is 2.63. The average Bonchev–Trinajstić information content (AvgIpc) is 2.85. The molecule has 1 aliphatic heterocycles. The van der Waals surface area contributed by atoms with Crippen molar-refractivity contribution < 1.29 is 14.3 Å². The van der Waals surface area contributed by atoms with Crippen molar-refractivity contribution >= 4 is 5.91 Å². The molecule has 1 N–H and O–H groups in total. The number of carbonyl (C=O) groups excluding carboxylic acids is 1. The number of hydrogen-bond donors (Lipinski definition) is 1. The quantitative estimate of drug-likeness (QED) is 0.894. The number of ether oxygens (including phenoxy) is 2. The average molecular weight is 266 g/mol. The summed E-state index contributed by atoms with van der Waals surface area (Å²) in [4.78, 5) is 12.2. The molecule has 0 aromatic carbocycles. The van der Waals surface area contributed by atoms with E-state index in [0.29, 0.717) is 18.9 Å². The lowest BCUT2D eigenvalue weighted by Crippen LogP contribution is -2.55. The SMILES string of the molecule is COC1([C@H](C)NC(=O)c2cccn2C)CCOCC1. The van der Waals surface area contributed by atoms with Crippen molar-refractivity contribution in [2.75, 3.05) is 20.3 Å². The minimum atomic E-state index is -0.320. The first kappa shape index (κ1) is 14.1. The molecule has 1 aliphatic rings. The van der Waals surface area contributed by atoms with Gasteiger partial charge < -0.3 is 19.4 Å². The summed E-state index contributed by atoms with van der Waals surface area (Å²) in [5, 5.41) is 3.04. The molecule has 5 nitrogen and oxygen atoms in total. The fourth-order valence-electron chi connectivity index (χ4n) is 2.63. The number of hydrogen-bond acceptors (Lipinski definition) is 3. The van der Waals surface area contributed by atoms with Crippen LogP contribution < -0.4 is 5.32 Å². The lowest BCUT2D eigenvalue weighted by Gasteiger charge is -2.40. The van der Waals surface area contributed by atoms with Crippen LogP contribution in [0.4, 0.5) is 0 Å². The van der Waals surface area contributed by atoms with E-state index in [-0.39, 0.29) is 17.6 Å². The molecule has 0 unspecified atom stereocenters. The largest absolute Gasteiger partial charge is 0.381 e. The molecule has 0 saturated carbocycles. The van der Waals surface area contributed by atoms with Gasteiger partial charge in [0.1, 0.15) is 5.69 Å². The van der Waals surface area contributed by atoms with Gasteiger partial charge in [-0.3, -0.25) is 4.79 Å². The van der Waals surface area contributed by atoms with Crippen LogP contribution in [0.1, 0.15) is 30.3 Å². The van der Waals surface area contributed by atoms with Gasteiger partial charge in [0.05, 0.1) is 11.6 Å². The number of aryl methyl sites for hydroxylation is 1. The van der Waals surface area contributed by atoms with E-state index < -0.39 is 0 Å². The van der Waals surface area contributed by atoms with Crippen molar-refractivity contribution in [3.8, 4) is 0 Å². The molecule has 19 heavy (non-hydrogen) atoms. The first-order chi connectivity index (χ1) is 9.09. The highest BCUT2D eigenvalue weighted by atomic mass is 16.5. The standard InChI is InChI=1S/C14H22N2O3/c1-11(14(18-3)6-9-19-10-7-14)15-13(17)12-5-4-8-16(12)2/h4-5,8,11H,6-7,9-10H2,1-3H3,(H,15,17)/t11-/m0/s1. The zero-order valence-electron chi connectivity index (χ0n) is 11.8. The molecule has 0 aliphatic carbocycles. The molecule has 5 heteroatoms. The second-order valence-electron chi connectivity index (χ2n) is 5.08. The highest BCUT2D eigenvalue weighted by molar-refractivity contribution is 5.92. The number of carbonyl (C=O) groups is 1. The Balaban J connectivity index is 2.05. The second kappa shape index (κ2) is 5.75. The zero-order valence-corrected chi connectivity index (χ0v) is 11.8. The second-order valence-corrected chi connectivity index (χ2v) is 5.08. The van der Waals surface area contributed by atoms with Crippen LogP contribution in [0.2, 0.25) is 0 Å². The Kier molecular flexibility index (Phi) is 4.27. The lowest BCUT2D eigenvalue weighted by molar-refractivity contribution is -0.105. The summed E-state index contributed by atoms with van der Waals surface area (Å²) in [5.74, 6) is -0.0667. The third kappa shape index (κ3) is 2.82. The number of amides is 1. The van der Waals surface area contributed by atoms with E-state index in [2.05, 4.69) is 5.32 Å². The summed E-state index contributed by atoms with van der Waals surface area (Å²) in [7, 11) is 3.57. The molecule has 1 amide bonds. The van der Waals surface area contributed by atoms with Gasteiger partial charge in [-0.15, -0.1) is 0 Å². The first-order valence-corrected chi connectivity index (χ1v) is 6.64. The number of nitrogens with one attached hydrogen (secondary N) is 1. The molecule has 2 heterocycles. The molecule has 1 saturated heterocycles. The molecular formula is C14H22N2O3. The van der Waals surface area contributed by atoms with Crippen LogP contribution in [0.3, 0.4) is 0 Å². The molecule has 0 spiro atoms. The van der Waals surface area contributed by atoms with Crippen molar-refractivity contribution in [3.63, 3.8) is 0 Å². The molecule has 2 rings (SSSR count). The Morgan fingerprint density at radius 2 is 2.21 bits per heavy atom.